The molecule has 1 N–H and O–H groups in total. The lowest BCUT2D eigenvalue weighted by Crippen LogP contribution is -2.36. The lowest BCUT2D eigenvalue weighted by molar-refractivity contribution is -0.141. The molecule has 0 aliphatic carbocycles. The Morgan fingerprint density at radius 2 is 1.72 bits per heavy atom. The number of aryl methyl sites for hydroxylation is 1. The number of esters is 1. The van der Waals surface area contributed by atoms with Gasteiger partial charge in [-0.25, -0.2) is 13.2 Å². The number of ether oxygens (including phenoxy) is 2. The third-order valence-corrected chi connectivity index (χ3v) is 5.40. The first-order valence-corrected chi connectivity index (χ1v) is 9.16. The zero-order valence-corrected chi connectivity index (χ0v) is 14.7. The highest BCUT2D eigenvalue weighted by molar-refractivity contribution is 7.89. The maximum atomic E-state index is 12.5. The van der Waals surface area contributed by atoms with Gasteiger partial charge in [-0.3, -0.25) is 0 Å². The summed E-state index contributed by atoms with van der Waals surface area (Å²) >= 11 is 6.10. The molecule has 0 aromatic heterocycles. The number of halogens is 1. The first kappa shape index (κ1) is 17.5. The Balaban J connectivity index is 1.84. The molecule has 0 saturated carbocycles. The van der Waals surface area contributed by atoms with Crippen LogP contribution in [0.4, 0.5) is 0 Å². The van der Waals surface area contributed by atoms with Crippen molar-refractivity contribution in [1.82, 2.24) is 4.72 Å². The minimum Gasteiger partial charge on any atom is -0.448 e. The fourth-order valence-electron chi connectivity index (χ4n) is 2.26. The third kappa shape index (κ3) is 3.68. The van der Waals surface area contributed by atoms with E-state index in [1.807, 2.05) is 0 Å². The molecular weight excluding hydrogens is 366 g/mol. The maximum Gasteiger partial charge on any atom is 0.377 e. The van der Waals surface area contributed by atoms with Crippen molar-refractivity contribution in [3.63, 3.8) is 0 Å². The van der Waals surface area contributed by atoms with Gasteiger partial charge in [-0.1, -0.05) is 48.0 Å². The van der Waals surface area contributed by atoms with Crippen molar-refractivity contribution in [3.05, 3.63) is 71.0 Å². The van der Waals surface area contributed by atoms with Crippen LogP contribution in [0, 0.1) is 6.92 Å². The van der Waals surface area contributed by atoms with Crippen LogP contribution in [-0.2, 0) is 19.6 Å². The standard InChI is InChI=1S/C17H14ClNO5S/c1-11-7-5-6-10-13(11)25(21,22)19-16-14(18)15(17(20)24-16)23-12-8-3-2-4-9-12/h2-10,16,19H,1H3/t16-/m1/s1. The second-order valence-electron chi connectivity index (χ2n) is 5.26. The number of para-hydroxylation sites is 1. The molecule has 1 heterocycles. The van der Waals surface area contributed by atoms with Gasteiger partial charge in [-0.05, 0) is 30.7 Å². The van der Waals surface area contributed by atoms with E-state index in [1.54, 1.807) is 55.5 Å². The van der Waals surface area contributed by atoms with Gasteiger partial charge in [0, 0.05) is 0 Å². The van der Waals surface area contributed by atoms with Crippen LogP contribution in [0.1, 0.15) is 5.56 Å². The molecule has 8 heteroatoms. The topological polar surface area (TPSA) is 81.7 Å². The van der Waals surface area contributed by atoms with Gasteiger partial charge in [0.05, 0.1) is 4.90 Å². The summed E-state index contributed by atoms with van der Waals surface area (Å²) < 4.78 is 37.7. The quantitative estimate of drug-likeness (QED) is 0.808. The van der Waals surface area contributed by atoms with Crippen LogP contribution in [0.2, 0.25) is 0 Å². The summed E-state index contributed by atoms with van der Waals surface area (Å²) in [5.74, 6) is -0.702. The summed E-state index contributed by atoms with van der Waals surface area (Å²) in [5.41, 5.74) is 0.556. The molecule has 2 aromatic carbocycles. The Labute approximate surface area is 150 Å². The molecule has 0 radical (unpaired) electrons. The zero-order valence-electron chi connectivity index (χ0n) is 13.1. The summed E-state index contributed by atoms with van der Waals surface area (Å²) in [6, 6.07) is 14.9. The van der Waals surface area contributed by atoms with Crippen molar-refractivity contribution in [1.29, 1.82) is 0 Å². The number of benzene rings is 2. The molecule has 3 rings (SSSR count). The summed E-state index contributed by atoms with van der Waals surface area (Å²) in [7, 11) is -3.93. The molecule has 1 atom stereocenters. The van der Waals surface area contributed by atoms with Crippen LogP contribution < -0.4 is 9.46 Å². The number of sulfonamides is 1. The number of carbonyl (C=O) groups is 1. The van der Waals surface area contributed by atoms with E-state index in [2.05, 4.69) is 4.72 Å². The molecule has 1 aliphatic rings. The Hall–Kier alpha value is -2.35. The highest BCUT2D eigenvalue weighted by Gasteiger charge is 2.38. The summed E-state index contributed by atoms with van der Waals surface area (Å²) in [4.78, 5) is 12.0. The van der Waals surface area contributed by atoms with Crippen molar-refractivity contribution in [2.45, 2.75) is 18.0 Å². The molecule has 6 nitrogen and oxygen atoms in total. The molecule has 0 spiro atoms. The second-order valence-corrected chi connectivity index (χ2v) is 7.35. The number of hydrogen-bond acceptors (Lipinski definition) is 5. The van der Waals surface area contributed by atoms with Crippen LogP contribution in [0.15, 0.2) is 70.3 Å². The molecule has 0 saturated heterocycles. The highest BCUT2D eigenvalue weighted by atomic mass is 35.5. The van der Waals surface area contributed by atoms with Crippen LogP contribution >= 0.6 is 11.6 Å². The average Bonchev–Trinajstić information content (AvgIpc) is 2.83. The Morgan fingerprint density at radius 3 is 2.40 bits per heavy atom. The predicted octanol–water partition coefficient (Wildman–Crippen LogP) is 2.69. The van der Waals surface area contributed by atoms with Crippen LogP contribution in [-0.4, -0.2) is 20.6 Å². The van der Waals surface area contributed by atoms with Gasteiger partial charge < -0.3 is 9.47 Å². The van der Waals surface area contributed by atoms with E-state index in [-0.39, 0.29) is 15.7 Å². The molecule has 1 aliphatic heterocycles. The molecule has 0 amide bonds. The smallest absolute Gasteiger partial charge is 0.377 e. The first-order valence-electron chi connectivity index (χ1n) is 7.30. The first-order chi connectivity index (χ1) is 11.9. The van der Waals surface area contributed by atoms with Gasteiger partial charge in [0.15, 0.2) is 0 Å². The van der Waals surface area contributed by atoms with Gasteiger partial charge >= 0.3 is 5.97 Å². The Bertz CT molecular complexity index is 941. The maximum absolute atomic E-state index is 12.5. The third-order valence-electron chi connectivity index (χ3n) is 3.47. The van der Waals surface area contributed by atoms with Crippen molar-refractivity contribution >= 4 is 27.6 Å². The largest absolute Gasteiger partial charge is 0.448 e. The number of nitrogens with one attached hydrogen (secondary N) is 1. The fraction of sp³-hybridized carbons (Fsp3) is 0.118. The van der Waals surface area contributed by atoms with Crippen molar-refractivity contribution in [2.24, 2.45) is 0 Å². The van der Waals surface area contributed by atoms with E-state index in [1.165, 1.54) is 6.07 Å². The number of rotatable bonds is 5. The van der Waals surface area contributed by atoms with E-state index < -0.39 is 22.2 Å². The van der Waals surface area contributed by atoms with E-state index in [9.17, 15) is 13.2 Å². The summed E-state index contributed by atoms with van der Waals surface area (Å²) in [5, 5.41) is -0.161. The lowest BCUT2D eigenvalue weighted by Gasteiger charge is -2.13. The Morgan fingerprint density at radius 1 is 1.08 bits per heavy atom. The normalized spacial score (nSPS) is 17.5. The van der Waals surface area contributed by atoms with Gasteiger partial charge in [-0.15, -0.1) is 0 Å². The number of cyclic esters (lactones) is 1. The molecular formula is C17H14ClNO5S. The lowest BCUT2D eigenvalue weighted by atomic mass is 10.2. The van der Waals surface area contributed by atoms with Crippen LogP contribution in [0.25, 0.3) is 0 Å². The zero-order chi connectivity index (χ0) is 18.0. The molecule has 130 valence electrons. The number of carbonyl (C=O) groups excluding carboxylic acids is 1. The molecule has 2 aromatic rings. The Kier molecular flexibility index (Phi) is 4.80. The van der Waals surface area contributed by atoms with E-state index >= 15 is 0 Å². The van der Waals surface area contributed by atoms with Gasteiger partial charge in [0.2, 0.25) is 22.0 Å². The van der Waals surface area contributed by atoms with Crippen LogP contribution in [0.5, 0.6) is 5.75 Å². The fourth-order valence-corrected chi connectivity index (χ4v) is 3.87. The minimum atomic E-state index is -3.93. The monoisotopic (exact) mass is 379 g/mol. The van der Waals surface area contributed by atoms with E-state index in [0.717, 1.165) is 0 Å². The molecule has 0 fully saturated rings. The molecule has 0 unspecified atom stereocenters. The van der Waals surface area contributed by atoms with E-state index in [0.29, 0.717) is 11.3 Å². The van der Waals surface area contributed by atoms with Gasteiger partial charge in [0.1, 0.15) is 10.8 Å². The molecule has 25 heavy (non-hydrogen) atoms. The second kappa shape index (κ2) is 6.87. The predicted molar refractivity (Wildman–Crippen MR) is 91.3 cm³/mol. The van der Waals surface area contributed by atoms with Crippen molar-refractivity contribution in [3.8, 4) is 5.75 Å². The average molecular weight is 380 g/mol. The highest BCUT2D eigenvalue weighted by Crippen LogP contribution is 2.28. The van der Waals surface area contributed by atoms with Crippen molar-refractivity contribution < 1.29 is 22.7 Å². The van der Waals surface area contributed by atoms with E-state index in [4.69, 9.17) is 21.1 Å². The van der Waals surface area contributed by atoms with Gasteiger partial charge in [-0.2, -0.15) is 4.72 Å². The minimum absolute atomic E-state index is 0.0768. The molecule has 0 bridgehead atoms. The van der Waals surface area contributed by atoms with Gasteiger partial charge in [0.25, 0.3) is 0 Å². The number of hydrogen-bond donors (Lipinski definition) is 1. The SMILES string of the molecule is Cc1ccccc1S(=O)(=O)N[C@@H]1OC(=O)C(Oc2ccccc2)=C1Cl. The summed E-state index contributed by atoms with van der Waals surface area (Å²) in [6.07, 6.45) is -1.34. The van der Waals surface area contributed by atoms with Crippen molar-refractivity contribution in [2.75, 3.05) is 0 Å². The summed E-state index contributed by atoms with van der Waals surface area (Å²) in [6.45, 7) is 1.66. The van der Waals surface area contributed by atoms with Crippen LogP contribution in [0.3, 0.4) is 0 Å².